The first-order valence-electron chi connectivity index (χ1n) is 14.1. The largest absolute Gasteiger partial charge is 0.370 e. The van der Waals surface area contributed by atoms with E-state index in [1.54, 1.807) is 12.4 Å². The summed E-state index contributed by atoms with van der Waals surface area (Å²) in [6, 6.07) is 6.22. The summed E-state index contributed by atoms with van der Waals surface area (Å²) in [5.41, 5.74) is 7.15. The quantitative estimate of drug-likeness (QED) is 0.259. The van der Waals surface area contributed by atoms with Gasteiger partial charge in [-0.1, -0.05) is 19.3 Å². The molecule has 1 aliphatic carbocycles. The maximum Gasteiger partial charge on any atom is 0.227 e. The Kier molecular flexibility index (Phi) is 6.19. The number of carbonyl (C=O) groups is 1. The van der Waals surface area contributed by atoms with Gasteiger partial charge in [0.2, 0.25) is 5.91 Å². The topological polar surface area (TPSA) is 115 Å². The molecule has 5 aromatic rings. The molecule has 0 spiro atoms. The molecule has 1 saturated heterocycles. The minimum absolute atomic E-state index is 0.0934. The number of pyridine rings is 3. The molecule has 0 radical (unpaired) electrons. The lowest BCUT2D eigenvalue weighted by Gasteiger charge is -2.28. The molecule has 0 unspecified atom stereocenters. The highest BCUT2D eigenvalue weighted by Crippen LogP contribution is 2.35. The molecule has 9 heteroatoms. The number of nitrogens with zero attached hydrogens (tertiary/aromatic N) is 5. The smallest absolute Gasteiger partial charge is 0.227 e. The van der Waals surface area contributed by atoms with Crippen LogP contribution in [0.1, 0.15) is 51.4 Å². The predicted molar refractivity (Wildman–Crippen MR) is 153 cm³/mol. The van der Waals surface area contributed by atoms with Crippen LogP contribution in [-0.4, -0.2) is 49.1 Å². The van der Waals surface area contributed by atoms with E-state index in [2.05, 4.69) is 52.5 Å². The summed E-state index contributed by atoms with van der Waals surface area (Å²) in [5.74, 6) is 0.187. The zero-order valence-corrected chi connectivity index (χ0v) is 21.9. The van der Waals surface area contributed by atoms with Crippen LogP contribution in [0.5, 0.6) is 0 Å². The van der Waals surface area contributed by atoms with E-state index in [9.17, 15) is 4.79 Å². The Hall–Kier alpha value is -4.27. The van der Waals surface area contributed by atoms with Crippen molar-refractivity contribution in [1.82, 2.24) is 30.1 Å². The Labute approximate surface area is 226 Å². The highest BCUT2D eigenvalue weighted by Gasteiger charge is 2.22. The predicted octanol–water partition coefficient (Wildman–Crippen LogP) is 6.07. The van der Waals surface area contributed by atoms with Crippen LogP contribution in [0.2, 0.25) is 0 Å². The van der Waals surface area contributed by atoms with Gasteiger partial charge in [-0.15, -0.1) is 0 Å². The van der Waals surface area contributed by atoms with Crippen LogP contribution in [0, 0.1) is 5.92 Å². The Morgan fingerprint density at radius 3 is 2.51 bits per heavy atom. The van der Waals surface area contributed by atoms with Gasteiger partial charge in [-0.25, -0.2) is 4.98 Å². The molecule has 1 amide bonds. The normalized spacial score (nSPS) is 16.7. The average Bonchev–Trinajstić information content (AvgIpc) is 3.62. The third kappa shape index (κ3) is 4.62. The molecule has 0 atom stereocenters. The molecule has 2 aliphatic rings. The lowest BCUT2D eigenvalue weighted by atomic mass is 9.88. The van der Waals surface area contributed by atoms with Crippen LogP contribution < -0.4 is 10.2 Å². The minimum Gasteiger partial charge on any atom is -0.370 e. The van der Waals surface area contributed by atoms with Crippen molar-refractivity contribution in [2.75, 3.05) is 23.3 Å². The summed E-state index contributed by atoms with van der Waals surface area (Å²) in [5, 5.41) is 12.9. The number of aromatic amines is 2. The molecule has 0 aromatic carbocycles. The molecule has 6 heterocycles. The fraction of sp³-hybridized carbons (Fsp3) is 0.367. The molecule has 1 aliphatic heterocycles. The van der Waals surface area contributed by atoms with Crippen molar-refractivity contribution >= 4 is 39.2 Å². The molecular formula is C30H32N8O. The zero-order valence-electron chi connectivity index (χ0n) is 21.9. The van der Waals surface area contributed by atoms with Crippen LogP contribution in [0.3, 0.4) is 0 Å². The molecule has 3 N–H and O–H groups in total. The van der Waals surface area contributed by atoms with Crippen molar-refractivity contribution in [2.24, 2.45) is 5.92 Å². The lowest BCUT2D eigenvalue weighted by Crippen LogP contribution is -2.29. The summed E-state index contributed by atoms with van der Waals surface area (Å²) in [6.07, 6.45) is 18.3. The number of hydrogen-bond acceptors (Lipinski definition) is 6. The fourth-order valence-electron chi connectivity index (χ4n) is 6.09. The van der Waals surface area contributed by atoms with Crippen LogP contribution in [0.25, 0.3) is 44.5 Å². The molecule has 9 nitrogen and oxygen atoms in total. The Morgan fingerprint density at radius 1 is 0.846 bits per heavy atom. The van der Waals surface area contributed by atoms with E-state index in [1.807, 2.05) is 24.7 Å². The number of piperidine rings is 1. The lowest BCUT2D eigenvalue weighted by molar-refractivity contribution is -0.120. The van der Waals surface area contributed by atoms with Crippen molar-refractivity contribution in [3.05, 3.63) is 49.2 Å². The van der Waals surface area contributed by atoms with Crippen LogP contribution >= 0.6 is 0 Å². The highest BCUT2D eigenvalue weighted by molar-refractivity contribution is 5.99. The molecule has 0 bridgehead atoms. The van der Waals surface area contributed by atoms with Crippen molar-refractivity contribution in [2.45, 2.75) is 51.4 Å². The number of H-pyrrole nitrogens is 2. The number of amides is 1. The molecule has 7 rings (SSSR count). The summed E-state index contributed by atoms with van der Waals surface area (Å²) in [7, 11) is 0. The molecular weight excluding hydrogens is 488 g/mol. The van der Waals surface area contributed by atoms with Gasteiger partial charge in [-0.3, -0.25) is 19.9 Å². The van der Waals surface area contributed by atoms with E-state index < -0.39 is 0 Å². The fourth-order valence-corrected chi connectivity index (χ4v) is 6.09. The van der Waals surface area contributed by atoms with Crippen molar-refractivity contribution < 1.29 is 4.79 Å². The number of fused-ring (bicyclic) bond motifs is 2. The maximum atomic E-state index is 12.8. The van der Waals surface area contributed by atoms with E-state index in [4.69, 9.17) is 0 Å². The van der Waals surface area contributed by atoms with Gasteiger partial charge in [0.05, 0.1) is 41.2 Å². The van der Waals surface area contributed by atoms with E-state index in [1.165, 1.54) is 31.4 Å². The molecule has 198 valence electrons. The first-order valence-corrected chi connectivity index (χ1v) is 14.1. The summed E-state index contributed by atoms with van der Waals surface area (Å²) in [6.45, 7) is 2.13. The van der Waals surface area contributed by atoms with Gasteiger partial charge >= 0.3 is 0 Å². The number of hydrogen-bond donors (Lipinski definition) is 3. The third-order valence-corrected chi connectivity index (χ3v) is 8.21. The number of aromatic nitrogens is 6. The second-order valence-electron chi connectivity index (χ2n) is 10.8. The van der Waals surface area contributed by atoms with E-state index in [0.717, 1.165) is 83.2 Å². The van der Waals surface area contributed by atoms with Gasteiger partial charge in [0.1, 0.15) is 5.69 Å². The van der Waals surface area contributed by atoms with Crippen molar-refractivity contribution in [3.8, 4) is 22.5 Å². The van der Waals surface area contributed by atoms with Gasteiger partial charge in [0.15, 0.2) is 5.65 Å². The highest BCUT2D eigenvalue weighted by atomic mass is 16.1. The van der Waals surface area contributed by atoms with E-state index in [-0.39, 0.29) is 11.8 Å². The summed E-state index contributed by atoms with van der Waals surface area (Å²) < 4.78 is 0. The first kappa shape index (κ1) is 23.8. The number of anilines is 2. The van der Waals surface area contributed by atoms with Gasteiger partial charge in [-0.2, -0.15) is 5.10 Å². The standard InChI is InChI=1S/C30H32N8O/c39-30(19-7-3-1-4-8-19)34-22-11-20(14-31-16-22)21-12-24-28(36-37-29(24)33-15-21)25-13-23-26(35-25)17-32-18-27(23)38-9-5-2-6-10-38/h11-19,35H,1-10H2,(H,34,39)(H,33,36,37). The Bertz CT molecular complexity index is 1640. The van der Waals surface area contributed by atoms with Gasteiger partial charge in [-0.05, 0) is 50.3 Å². The van der Waals surface area contributed by atoms with Gasteiger partial charge < -0.3 is 15.2 Å². The minimum atomic E-state index is 0.0934. The Morgan fingerprint density at radius 2 is 1.64 bits per heavy atom. The van der Waals surface area contributed by atoms with Crippen LogP contribution in [0.15, 0.2) is 49.2 Å². The van der Waals surface area contributed by atoms with E-state index in [0.29, 0.717) is 5.69 Å². The van der Waals surface area contributed by atoms with Crippen molar-refractivity contribution in [3.63, 3.8) is 0 Å². The molecule has 1 saturated carbocycles. The van der Waals surface area contributed by atoms with Gasteiger partial charge in [0, 0.05) is 53.3 Å². The third-order valence-electron chi connectivity index (χ3n) is 8.21. The number of nitrogens with one attached hydrogen (secondary N) is 3. The summed E-state index contributed by atoms with van der Waals surface area (Å²) in [4.78, 5) is 32.3. The SMILES string of the molecule is O=C(Nc1cncc(-c2cnc3[nH]nc(-c4cc5c(N6CCCCC6)cncc5[nH]4)c3c2)c1)C1CCCCC1. The maximum absolute atomic E-state index is 12.8. The summed E-state index contributed by atoms with van der Waals surface area (Å²) >= 11 is 0. The molecule has 39 heavy (non-hydrogen) atoms. The second kappa shape index (κ2) is 10.1. The first-order chi connectivity index (χ1) is 19.2. The zero-order chi connectivity index (χ0) is 26.2. The van der Waals surface area contributed by atoms with Crippen LogP contribution in [-0.2, 0) is 4.79 Å². The number of rotatable bonds is 5. The van der Waals surface area contributed by atoms with Crippen LogP contribution in [0.4, 0.5) is 11.4 Å². The molecule has 2 fully saturated rings. The number of carbonyl (C=O) groups excluding carboxylic acids is 1. The van der Waals surface area contributed by atoms with E-state index >= 15 is 0 Å². The Balaban J connectivity index is 1.20. The second-order valence-corrected chi connectivity index (χ2v) is 10.8. The van der Waals surface area contributed by atoms with Crippen molar-refractivity contribution in [1.29, 1.82) is 0 Å². The monoisotopic (exact) mass is 520 g/mol. The van der Waals surface area contributed by atoms with Gasteiger partial charge in [0.25, 0.3) is 0 Å². The average molecular weight is 521 g/mol. The molecule has 5 aromatic heterocycles.